The predicted molar refractivity (Wildman–Crippen MR) is 79.7 cm³/mol. The molecule has 2 aromatic rings. The maximum absolute atomic E-state index is 6.24. The first-order valence-electron chi connectivity index (χ1n) is 6.19. The van der Waals surface area contributed by atoms with Crippen molar-refractivity contribution in [3.05, 3.63) is 28.9 Å². The van der Waals surface area contributed by atoms with Gasteiger partial charge < -0.3 is 10.2 Å². The molecule has 3 N–H and O–H groups in total. The average molecular weight is 280 g/mol. The van der Waals surface area contributed by atoms with E-state index in [1.54, 1.807) is 13.2 Å². The van der Waals surface area contributed by atoms with Gasteiger partial charge in [0, 0.05) is 5.69 Å². The number of halogens is 1. The molecule has 0 aliphatic rings. The zero-order chi connectivity index (χ0) is 14.0. The molecule has 1 aromatic heterocycles. The number of pyridine rings is 1. The number of anilines is 1. The minimum atomic E-state index is 0.514. The normalized spacial score (nSPS) is 11.1. The number of nitrogen functional groups attached to an aromatic ring is 1. The van der Waals surface area contributed by atoms with Gasteiger partial charge in [-0.1, -0.05) is 25.4 Å². The van der Waals surface area contributed by atoms with Gasteiger partial charge in [-0.25, -0.2) is 0 Å². The van der Waals surface area contributed by atoms with Crippen molar-refractivity contribution in [2.24, 2.45) is 11.8 Å². The molecule has 4 nitrogen and oxygen atoms in total. The second-order valence-corrected chi connectivity index (χ2v) is 5.28. The first kappa shape index (κ1) is 13.9. The van der Waals surface area contributed by atoms with E-state index < -0.39 is 0 Å². The summed E-state index contributed by atoms with van der Waals surface area (Å²) < 4.78 is 5.35. The second kappa shape index (κ2) is 5.63. The first-order valence-corrected chi connectivity index (χ1v) is 6.57. The predicted octanol–water partition coefficient (Wildman–Crippen LogP) is 3.38. The molecule has 0 saturated carbocycles. The van der Waals surface area contributed by atoms with E-state index in [0.29, 0.717) is 22.2 Å². The molecular formula is C14H18ClN3O. The fraction of sp³-hybridized carbons (Fsp3) is 0.357. The Kier molecular flexibility index (Phi) is 4.12. The van der Waals surface area contributed by atoms with Crippen LogP contribution in [-0.4, -0.2) is 12.1 Å². The largest absolute Gasteiger partial charge is 0.496 e. The third-order valence-electron chi connectivity index (χ3n) is 2.92. The summed E-state index contributed by atoms with van der Waals surface area (Å²) in [5.74, 6) is 6.83. The fourth-order valence-electron chi connectivity index (χ4n) is 2.14. The zero-order valence-corrected chi connectivity index (χ0v) is 12.1. The number of fused-ring (bicyclic) bond motifs is 1. The Morgan fingerprint density at radius 1 is 1.42 bits per heavy atom. The third-order valence-corrected chi connectivity index (χ3v) is 3.22. The van der Waals surface area contributed by atoms with E-state index in [9.17, 15) is 0 Å². The van der Waals surface area contributed by atoms with Crippen molar-refractivity contribution in [2.75, 3.05) is 12.5 Å². The molecule has 0 aliphatic heterocycles. The first-order chi connectivity index (χ1) is 9.06. The number of hydrogen-bond donors (Lipinski definition) is 2. The van der Waals surface area contributed by atoms with Crippen molar-refractivity contribution < 1.29 is 4.74 Å². The van der Waals surface area contributed by atoms with E-state index in [4.69, 9.17) is 22.2 Å². The van der Waals surface area contributed by atoms with Crippen LogP contribution in [0.4, 0.5) is 5.69 Å². The summed E-state index contributed by atoms with van der Waals surface area (Å²) in [4.78, 5) is 4.62. The number of ether oxygens (including phenoxy) is 1. The smallest absolute Gasteiger partial charge is 0.130 e. The van der Waals surface area contributed by atoms with E-state index >= 15 is 0 Å². The Bertz CT molecular complexity index is 599. The minimum absolute atomic E-state index is 0.514. The molecule has 0 amide bonds. The van der Waals surface area contributed by atoms with Gasteiger partial charge in [0.25, 0.3) is 0 Å². The number of benzene rings is 1. The lowest BCUT2D eigenvalue weighted by Gasteiger charge is -2.14. The Balaban J connectivity index is 2.72. The summed E-state index contributed by atoms with van der Waals surface area (Å²) >= 11 is 6.24. The number of nitrogens with two attached hydrogens (primary N) is 1. The lowest BCUT2D eigenvalue weighted by molar-refractivity contribution is 0.420. The fourth-order valence-corrected chi connectivity index (χ4v) is 2.34. The van der Waals surface area contributed by atoms with Crippen LogP contribution in [0.5, 0.6) is 5.75 Å². The summed E-state index contributed by atoms with van der Waals surface area (Å²) in [6.45, 7) is 4.29. The van der Waals surface area contributed by atoms with Gasteiger partial charge in [-0.2, -0.15) is 0 Å². The summed E-state index contributed by atoms with van der Waals surface area (Å²) in [7, 11) is 1.62. The topological polar surface area (TPSA) is 60.2 Å². The van der Waals surface area contributed by atoms with Crippen LogP contribution in [0.15, 0.2) is 18.2 Å². The Morgan fingerprint density at radius 2 is 2.16 bits per heavy atom. The maximum atomic E-state index is 6.24. The van der Waals surface area contributed by atoms with Crippen molar-refractivity contribution in [1.82, 2.24) is 4.98 Å². The SMILES string of the molecule is COc1ccc(Cl)c2nc(CC(C)C)cc(NN)c12. The highest BCUT2D eigenvalue weighted by Gasteiger charge is 2.13. The molecule has 0 atom stereocenters. The molecule has 0 bridgehead atoms. The molecule has 5 heteroatoms. The number of methoxy groups -OCH3 is 1. The highest BCUT2D eigenvalue weighted by Crippen LogP contribution is 2.35. The number of hydrogen-bond acceptors (Lipinski definition) is 4. The van der Waals surface area contributed by atoms with Crippen LogP contribution in [-0.2, 0) is 6.42 Å². The quantitative estimate of drug-likeness (QED) is 0.665. The van der Waals surface area contributed by atoms with Gasteiger partial charge in [-0.15, -0.1) is 0 Å². The minimum Gasteiger partial charge on any atom is -0.496 e. The van der Waals surface area contributed by atoms with Gasteiger partial charge in [0.2, 0.25) is 0 Å². The van der Waals surface area contributed by atoms with Gasteiger partial charge in [-0.3, -0.25) is 10.8 Å². The third kappa shape index (κ3) is 2.74. The zero-order valence-electron chi connectivity index (χ0n) is 11.3. The Hall–Kier alpha value is -1.52. The van der Waals surface area contributed by atoms with Crippen molar-refractivity contribution in [1.29, 1.82) is 0 Å². The highest BCUT2D eigenvalue weighted by atomic mass is 35.5. The molecule has 0 saturated heterocycles. The number of hydrazine groups is 1. The van der Waals surface area contributed by atoms with Crippen molar-refractivity contribution >= 4 is 28.2 Å². The van der Waals surface area contributed by atoms with E-state index in [2.05, 4.69) is 24.3 Å². The average Bonchev–Trinajstić information content (AvgIpc) is 2.38. The summed E-state index contributed by atoms with van der Waals surface area (Å²) in [6, 6.07) is 5.55. The summed E-state index contributed by atoms with van der Waals surface area (Å²) in [5.41, 5.74) is 5.16. The lowest BCUT2D eigenvalue weighted by atomic mass is 10.0. The highest BCUT2D eigenvalue weighted by molar-refractivity contribution is 6.35. The monoisotopic (exact) mass is 279 g/mol. The number of nitrogens with one attached hydrogen (secondary N) is 1. The van der Waals surface area contributed by atoms with Gasteiger partial charge in [0.1, 0.15) is 5.75 Å². The van der Waals surface area contributed by atoms with E-state index in [0.717, 1.165) is 23.2 Å². The molecule has 1 heterocycles. The van der Waals surface area contributed by atoms with Crippen LogP contribution >= 0.6 is 11.6 Å². The van der Waals surface area contributed by atoms with Crippen LogP contribution in [0.2, 0.25) is 5.02 Å². The molecule has 0 unspecified atom stereocenters. The Morgan fingerprint density at radius 3 is 2.74 bits per heavy atom. The molecule has 0 radical (unpaired) electrons. The lowest BCUT2D eigenvalue weighted by Crippen LogP contribution is -2.09. The molecular weight excluding hydrogens is 262 g/mol. The molecule has 19 heavy (non-hydrogen) atoms. The molecule has 0 fully saturated rings. The molecule has 1 aromatic carbocycles. The summed E-state index contributed by atoms with van der Waals surface area (Å²) in [5, 5.41) is 1.41. The van der Waals surface area contributed by atoms with Crippen molar-refractivity contribution in [3.63, 3.8) is 0 Å². The van der Waals surface area contributed by atoms with Crippen LogP contribution in [0, 0.1) is 5.92 Å². The molecule has 2 rings (SSSR count). The van der Waals surface area contributed by atoms with Gasteiger partial charge in [0.05, 0.1) is 28.7 Å². The van der Waals surface area contributed by atoms with Gasteiger partial charge in [-0.05, 0) is 30.5 Å². The van der Waals surface area contributed by atoms with Crippen molar-refractivity contribution in [3.8, 4) is 5.75 Å². The van der Waals surface area contributed by atoms with Crippen LogP contribution in [0.3, 0.4) is 0 Å². The van der Waals surface area contributed by atoms with Gasteiger partial charge in [0.15, 0.2) is 0 Å². The molecule has 0 aliphatic carbocycles. The molecule has 0 spiro atoms. The number of rotatable bonds is 4. The van der Waals surface area contributed by atoms with E-state index in [-0.39, 0.29) is 0 Å². The number of nitrogens with zero attached hydrogens (tertiary/aromatic N) is 1. The van der Waals surface area contributed by atoms with E-state index in [1.165, 1.54) is 0 Å². The number of aromatic nitrogens is 1. The second-order valence-electron chi connectivity index (χ2n) is 4.88. The van der Waals surface area contributed by atoms with E-state index in [1.807, 2.05) is 12.1 Å². The maximum Gasteiger partial charge on any atom is 0.130 e. The van der Waals surface area contributed by atoms with Crippen LogP contribution in [0.25, 0.3) is 10.9 Å². The van der Waals surface area contributed by atoms with Crippen LogP contribution < -0.4 is 16.0 Å². The standard InChI is InChI=1S/C14H18ClN3O/c1-8(2)6-9-7-11(18-16)13-12(19-3)5-4-10(15)14(13)17-9/h4-5,7-8H,6,16H2,1-3H3,(H,17,18). The van der Waals surface area contributed by atoms with Gasteiger partial charge >= 0.3 is 0 Å². The van der Waals surface area contributed by atoms with Crippen LogP contribution in [0.1, 0.15) is 19.5 Å². The molecule has 102 valence electrons. The van der Waals surface area contributed by atoms with Crippen molar-refractivity contribution in [2.45, 2.75) is 20.3 Å². The summed E-state index contributed by atoms with van der Waals surface area (Å²) in [6.07, 6.45) is 0.873. The Labute approximate surface area is 117 Å².